The van der Waals surface area contributed by atoms with Gasteiger partial charge in [-0.1, -0.05) is 12.1 Å². The molecule has 0 unspecified atom stereocenters. The summed E-state index contributed by atoms with van der Waals surface area (Å²) in [5.74, 6) is 3.62. The van der Waals surface area contributed by atoms with Gasteiger partial charge in [0, 0.05) is 18.7 Å². The van der Waals surface area contributed by atoms with Gasteiger partial charge in [-0.05, 0) is 29.8 Å². The van der Waals surface area contributed by atoms with Gasteiger partial charge in [-0.15, -0.1) is 0 Å². The highest BCUT2D eigenvalue weighted by Crippen LogP contribution is 2.31. The van der Waals surface area contributed by atoms with Crippen LogP contribution in [0.4, 0.5) is 17.3 Å². The molecule has 7 heteroatoms. The Labute approximate surface area is 158 Å². The normalized spacial score (nSPS) is 10.2. The zero-order valence-electron chi connectivity index (χ0n) is 15.5. The molecule has 0 spiro atoms. The minimum absolute atomic E-state index is 0.642. The lowest BCUT2D eigenvalue weighted by atomic mass is 10.2. The maximum atomic E-state index is 5.38. The first-order valence-corrected chi connectivity index (χ1v) is 8.39. The molecule has 27 heavy (non-hydrogen) atoms. The topological polar surface area (TPSA) is 77.5 Å². The molecule has 0 amide bonds. The van der Waals surface area contributed by atoms with Crippen LogP contribution in [0.3, 0.4) is 0 Å². The van der Waals surface area contributed by atoms with E-state index in [0.717, 1.165) is 22.7 Å². The summed E-state index contributed by atoms with van der Waals surface area (Å²) >= 11 is 0. The number of benzene rings is 2. The maximum Gasteiger partial charge on any atom is 0.142 e. The van der Waals surface area contributed by atoms with Crippen LogP contribution >= 0.6 is 0 Å². The molecule has 0 fully saturated rings. The van der Waals surface area contributed by atoms with E-state index in [0.29, 0.717) is 23.9 Å². The lowest BCUT2D eigenvalue weighted by molar-refractivity contribution is 0.405. The molecule has 0 saturated carbocycles. The zero-order chi connectivity index (χ0) is 19.1. The number of anilines is 3. The maximum absolute atomic E-state index is 5.38. The number of nitrogens with one attached hydrogen (secondary N) is 2. The summed E-state index contributed by atoms with van der Waals surface area (Å²) in [6.07, 6.45) is 1.51. The van der Waals surface area contributed by atoms with Gasteiger partial charge in [0.1, 0.15) is 35.2 Å². The highest BCUT2D eigenvalue weighted by Gasteiger charge is 2.07. The van der Waals surface area contributed by atoms with Crippen LogP contribution in [0.1, 0.15) is 5.56 Å². The van der Waals surface area contributed by atoms with Gasteiger partial charge in [0.25, 0.3) is 0 Å². The van der Waals surface area contributed by atoms with Crippen molar-refractivity contribution in [3.8, 4) is 17.2 Å². The second-order valence-electron chi connectivity index (χ2n) is 5.68. The van der Waals surface area contributed by atoms with Gasteiger partial charge < -0.3 is 24.8 Å². The van der Waals surface area contributed by atoms with Gasteiger partial charge in [0.05, 0.1) is 27.0 Å². The molecule has 0 radical (unpaired) electrons. The second-order valence-corrected chi connectivity index (χ2v) is 5.68. The second kappa shape index (κ2) is 8.75. The number of hydrogen-bond donors (Lipinski definition) is 2. The Morgan fingerprint density at radius 2 is 1.48 bits per heavy atom. The average Bonchev–Trinajstić information content (AvgIpc) is 2.73. The minimum Gasteiger partial charge on any atom is -0.497 e. The molecule has 0 aliphatic rings. The van der Waals surface area contributed by atoms with Crippen LogP contribution < -0.4 is 24.8 Å². The highest BCUT2D eigenvalue weighted by molar-refractivity contribution is 5.67. The van der Waals surface area contributed by atoms with E-state index in [1.54, 1.807) is 21.3 Å². The number of ether oxygens (including phenoxy) is 3. The molecule has 7 nitrogen and oxygen atoms in total. The van der Waals surface area contributed by atoms with E-state index in [4.69, 9.17) is 14.2 Å². The van der Waals surface area contributed by atoms with Crippen molar-refractivity contribution >= 4 is 17.3 Å². The van der Waals surface area contributed by atoms with Gasteiger partial charge in [-0.3, -0.25) is 0 Å². The molecule has 0 saturated heterocycles. The molecular formula is C20H22N4O3. The van der Waals surface area contributed by atoms with Crippen LogP contribution in [0.25, 0.3) is 0 Å². The molecule has 3 aromatic rings. The van der Waals surface area contributed by atoms with E-state index in [9.17, 15) is 0 Å². The quantitative estimate of drug-likeness (QED) is 0.627. The van der Waals surface area contributed by atoms with Crippen molar-refractivity contribution in [1.29, 1.82) is 0 Å². The van der Waals surface area contributed by atoms with Crippen LogP contribution in [0, 0.1) is 0 Å². The summed E-state index contributed by atoms with van der Waals surface area (Å²) in [4.78, 5) is 8.53. The molecule has 0 atom stereocenters. The Bertz CT molecular complexity index is 885. The van der Waals surface area contributed by atoms with E-state index in [-0.39, 0.29) is 0 Å². The number of hydrogen-bond acceptors (Lipinski definition) is 7. The molecular weight excluding hydrogens is 344 g/mol. The van der Waals surface area contributed by atoms with E-state index in [1.807, 2.05) is 48.5 Å². The molecule has 0 aliphatic carbocycles. The largest absolute Gasteiger partial charge is 0.497 e. The molecule has 140 valence electrons. The van der Waals surface area contributed by atoms with Crippen molar-refractivity contribution < 1.29 is 14.2 Å². The molecule has 2 N–H and O–H groups in total. The molecule has 0 aliphatic heterocycles. The Morgan fingerprint density at radius 1 is 0.778 bits per heavy atom. The Hall–Kier alpha value is -3.48. The van der Waals surface area contributed by atoms with Crippen molar-refractivity contribution in [2.45, 2.75) is 6.54 Å². The van der Waals surface area contributed by atoms with Crippen LogP contribution in [0.2, 0.25) is 0 Å². The first-order valence-electron chi connectivity index (χ1n) is 8.39. The summed E-state index contributed by atoms with van der Waals surface area (Å²) in [7, 11) is 4.90. The number of aromatic nitrogens is 2. The van der Waals surface area contributed by atoms with Crippen molar-refractivity contribution in [3.05, 3.63) is 60.4 Å². The van der Waals surface area contributed by atoms with Gasteiger partial charge >= 0.3 is 0 Å². The van der Waals surface area contributed by atoms with Crippen LogP contribution in [0.15, 0.2) is 54.9 Å². The summed E-state index contributed by atoms with van der Waals surface area (Å²) in [5, 5.41) is 6.53. The smallest absolute Gasteiger partial charge is 0.142 e. The molecule has 1 heterocycles. The standard InChI is InChI=1S/C20H22N4O3/c1-25-15-6-4-14(5-7-15)12-21-19-11-20(23-13-22-19)24-17-10-16(26-2)8-9-18(17)27-3/h4-11,13H,12H2,1-3H3,(H2,21,22,23,24). The van der Waals surface area contributed by atoms with E-state index in [2.05, 4.69) is 20.6 Å². The van der Waals surface area contributed by atoms with Crippen molar-refractivity contribution in [1.82, 2.24) is 9.97 Å². The minimum atomic E-state index is 0.642. The Kier molecular flexibility index (Phi) is 5.94. The fourth-order valence-electron chi connectivity index (χ4n) is 2.51. The van der Waals surface area contributed by atoms with Crippen molar-refractivity contribution in [2.24, 2.45) is 0 Å². The summed E-state index contributed by atoms with van der Waals surface area (Å²) in [6.45, 7) is 0.642. The van der Waals surface area contributed by atoms with E-state index in [1.165, 1.54) is 6.33 Å². The predicted molar refractivity (Wildman–Crippen MR) is 105 cm³/mol. The van der Waals surface area contributed by atoms with E-state index < -0.39 is 0 Å². The monoisotopic (exact) mass is 366 g/mol. The Balaban J connectivity index is 1.70. The van der Waals surface area contributed by atoms with Crippen LogP contribution in [0.5, 0.6) is 17.2 Å². The summed E-state index contributed by atoms with van der Waals surface area (Å²) < 4.78 is 15.8. The predicted octanol–water partition coefficient (Wildman–Crippen LogP) is 3.86. The van der Waals surface area contributed by atoms with E-state index >= 15 is 0 Å². The number of nitrogens with zero attached hydrogens (tertiary/aromatic N) is 2. The molecule has 3 rings (SSSR count). The first kappa shape index (κ1) is 18.3. The third-order valence-electron chi connectivity index (χ3n) is 3.97. The Morgan fingerprint density at radius 3 is 2.19 bits per heavy atom. The fourth-order valence-corrected chi connectivity index (χ4v) is 2.51. The average molecular weight is 366 g/mol. The van der Waals surface area contributed by atoms with Gasteiger partial charge in [-0.25, -0.2) is 9.97 Å². The van der Waals surface area contributed by atoms with Crippen LogP contribution in [-0.2, 0) is 6.54 Å². The van der Waals surface area contributed by atoms with Gasteiger partial charge in [0.15, 0.2) is 0 Å². The number of methoxy groups -OCH3 is 3. The van der Waals surface area contributed by atoms with Gasteiger partial charge in [-0.2, -0.15) is 0 Å². The number of rotatable bonds is 8. The van der Waals surface area contributed by atoms with Crippen LogP contribution in [-0.4, -0.2) is 31.3 Å². The first-order chi connectivity index (χ1) is 13.2. The van der Waals surface area contributed by atoms with Crippen molar-refractivity contribution in [3.63, 3.8) is 0 Å². The summed E-state index contributed by atoms with van der Waals surface area (Å²) in [5.41, 5.74) is 1.88. The summed E-state index contributed by atoms with van der Waals surface area (Å²) in [6, 6.07) is 15.2. The highest BCUT2D eigenvalue weighted by atomic mass is 16.5. The molecule has 0 bridgehead atoms. The fraction of sp³-hybridized carbons (Fsp3) is 0.200. The SMILES string of the molecule is COc1ccc(CNc2cc(Nc3cc(OC)ccc3OC)ncn2)cc1. The zero-order valence-corrected chi connectivity index (χ0v) is 15.5. The lowest BCUT2D eigenvalue weighted by Crippen LogP contribution is -2.03. The van der Waals surface area contributed by atoms with Gasteiger partial charge in [0.2, 0.25) is 0 Å². The third-order valence-corrected chi connectivity index (χ3v) is 3.97. The molecule has 2 aromatic carbocycles. The van der Waals surface area contributed by atoms with Crippen molar-refractivity contribution in [2.75, 3.05) is 32.0 Å². The third kappa shape index (κ3) is 4.78. The lowest BCUT2D eigenvalue weighted by Gasteiger charge is -2.13. The molecule has 1 aromatic heterocycles.